The zero-order valence-electron chi connectivity index (χ0n) is 52.8. The van der Waals surface area contributed by atoms with Gasteiger partial charge in [0.05, 0.1) is 0 Å². The van der Waals surface area contributed by atoms with Gasteiger partial charge in [0.2, 0.25) is 0 Å². The quantitative estimate of drug-likeness (QED) is 0.0261. The molecule has 1 unspecified atom stereocenters. The molecule has 0 N–H and O–H groups in total. The Balaban J connectivity index is 4.38. The van der Waals surface area contributed by atoms with Crippen molar-refractivity contribution in [3.63, 3.8) is 0 Å². The summed E-state index contributed by atoms with van der Waals surface area (Å²) in [5, 5.41) is 0. The van der Waals surface area contributed by atoms with Gasteiger partial charge in [0, 0.05) is 19.3 Å². The normalized spacial score (nSPS) is 12.7. The molecule has 0 radical (unpaired) electrons. The molecule has 0 aliphatic carbocycles. The monoisotopic (exact) mass is 1110 g/mol. The minimum absolute atomic E-state index is 0.109. The fourth-order valence-electron chi connectivity index (χ4n) is 9.70. The zero-order valence-corrected chi connectivity index (χ0v) is 52.8. The highest BCUT2D eigenvalue weighted by molar-refractivity contribution is 5.71. The van der Waals surface area contributed by atoms with Gasteiger partial charge < -0.3 is 14.2 Å². The van der Waals surface area contributed by atoms with Crippen LogP contribution in [0.5, 0.6) is 0 Å². The highest BCUT2D eigenvalue weighted by Gasteiger charge is 2.19. The highest BCUT2D eigenvalue weighted by Crippen LogP contribution is 2.17. The lowest BCUT2D eigenvalue weighted by molar-refractivity contribution is -0.166. The lowest BCUT2D eigenvalue weighted by Gasteiger charge is -2.18. The summed E-state index contributed by atoms with van der Waals surface area (Å²) in [5.74, 6) is -0.989. The van der Waals surface area contributed by atoms with Gasteiger partial charge in [0.25, 0.3) is 0 Å². The molecule has 0 saturated carbocycles. The molecule has 0 rings (SSSR count). The molecule has 0 bridgehead atoms. The third-order valence-electron chi connectivity index (χ3n) is 14.8. The van der Waals surface area contributed by atoms with Gasteiger partial charge >= 0.3 is 17.9 Å². The smallest absolute Gasteiger partial charge is 0.306 e. The predicted molar refractivity (Wildman–Crippen MR) is 348 cm³/mol. The van der Waals surface area contributed by atoms with Crippen molar-refractivity contribution in [3.8, 4) is 0 Å². The van der Waals surface area contributed by atoms with Crippen molar-refractivity contribution in [2.75, 3.05) is 13.2 Å². The fourth-order valence-corrected chi connectivity index (χ4v) is 9.70. The van der Waals surface area contributed by atoms with Crippen LogP contribution in [0.1, 0.15) is 335 Å². The van der Waals surface area contributed by atoms with E-state index < -0.39 is 12.1 Å². The molecule has 6 heteroatoms. The van der Waals surface area contributed by atoms with Gasteiger partial charge in [0.15, 0.2) is 6.10 Å². The van der Waals surface area contributed by atoms with Crippen molar-refractivity contribution in [1.29, 1.82) is 0 Å². The summed E-state index contributed by atoms with van der Waals surface area (Å²) in [5.41, 5.74) is 0. The number of allylic oxidation sites excluding steroid dienone is 16. The third kappa shape index (κ3) is 65.1. The summed E-state index contributed by atoms with van der Waals surface area (Å²) in [6.45, 7) is 6.49. The van der Waals surface area contributed by atoms with E-state index in [4.69, 9.17) is 14.2 Å². The van der Waals surface area contributed by atoms with Crippen molar-refractivity contribution in [3.05, 3.63) is 97.2 Å². The first-order valence-corrected chi connectivity index (χ1v) is 34.2. The van der Waals surface area contributed by atoms with Gasteiger partial charge in [0.1, 0.15) is 13.2 Å². The molecule has 0 aliphatic heterocycles. The molecule has 80 heavy (non-hydrogen) atoms. The molecule has 0 saturated heterocycles. The zero-order chi connectivity index (χ0) is 57.8. The summed E-state index contributed by atoms with van der Waals surface area (Å²) in [7, 11) is 0. The van der Waals surface area contributed by atoms with E-state index in [2.05, 4.69) is 112 Å². The summed E-state index contributed by atoms with van der Waals surface area (Å²) in [4.78, 5) is 38.4. The number of unbranched alkanes of at least 4 members (excludes halogenated alkanes) is 35. The van der Waals surface area contributed by atoms with Crippen molar-refractivity contribution in [2.45, 2.75) is 341 Å². The SMILES string of the molecule is CC/C=C\C/C=C\C/C=C\C/C=C\C/C=C\C/C=C\CCC(=O)OC(COC(=O)CCCCCCC/C=C\CCCCCCCCC)COC(=O)CCCCCCCCCCCCCCCCC/C=C\CCCCCCCCCC. The van der Waals surface area contributed by atoms with Gasteiger partial charge in [-0.3, -0.25) is 14.4 Å². The van der Waals surface area contributed by atoms with Gasteiger partial charge in [-0.25, -0.2) is 0 Å². The Morgan fingerprint density at radius 3 is 0.812 bits per heavy atom. The molecule has 460 valence electrons. The van der Waals surface area contributed by atoms with E-state index in [1.54, 1.807) is 0 Å². The Kier molecular flexibility index (Phi) is 64.7. The van der Waals surface area contributed by atoms with Crippen LogP contribution in [0.2, 0.25) is 0 Å². The first-order chi connectivity index (χ1) is 39.5. The van der Waals surface area contributed by atoms with Crippen LogP contribution < -0.4 is 0 Å². The second kappa shape index (κ2) is 67.8. The second-order valence-electron chi connectivity index (χ2n) is 22.7. The second-order valence-corrected chi connectivity index (χ2v) is 22.7. The minimum atomic E-state index is -0.823. The highest BCUT2D eigenvalue weighted by atomic mass is 16.6. The molecular weight excluding hydrogens is 985 g/mol. The van der Waals surface area contributed by atoms with E-state index in [0.29, 0.717) is 19.3 Å². The minimum Gasteiger partial charge on any atom is -0.462 e. The lowest BCUT2D eigenvalue weighted by atomic mass is 10.0. The van der Waals surface area contributed by atoms with Crippen LogP contribution in [0, 0.1) is 0 Å². The fraction of sp³-hybridized carbons (Fsp3) is 0.743. The molecule has 0 aromatic carbocycles. The number of rotatable bonds is 62. The summed E-state index contributed by atoms with van der Waals surface area (Å²) < 4.78 is 16.9. The maximum atomic E-state index is 12.9. The maximum Gasteiger partial charge on any atom is 0.306 e. The van der Waals surface area contributed by atoms with E-state index in [1.165, 1.54) is 199 Å². The Hall–Kier alpha value is -3.67. The predicted octanol–water partition coefficient (Wildman–Crippen LogP) is 23.6. The van der Waals surface area contributed by atoms with Crippen LogP contribution in [-0.2, 0) is 28.6 Å². The number of hydrogen-bond donors (Lipinski definition) is 0. The van der Waals surface area contributed by atoms with Crippen molar-refractivity contribution < 1.29 is 28.6 Å². The van der Waals surface area contributed by atoms with Gasteiger partial charge in [-0.05, 0) is 109 Å². The van der Waals surface area contributed by atoms with Crippen LogP contribution in [0.4, 0.5) is 0 Å². The summed E-state index contributed by atoms with van der Waals surface area (Å²) in [6, 6.07) is 0. The van der Waals surface area contributed by atoms with Gasteiger partial charge in [-0.1, -0.05) is 304 Å². The van der Waals surface area contributed by atoms with Gasteiger partial charge in [-0.15, -0.1) is 0 Å². The van der Waals surface area contributed by atoms with Crippen molar-refractivity contribution in [2.24, 2.45) is 0 Å². The number of carbonyl (C=O) groups is 3. The Labute approximate surface area is 496 Å². The molecule has 0 amide bonds. The van der Waals surface area contributed by atoms with E-state index in [1.807, 2.05) is 6.08 Å². The van der Waals surface area contributed by atoms with Crippen LogP contribution in [-0.4, -0.2) is 37.2 Å². The third-order valence-corrected chi connectivity index (χ3v) is 14.8. The largest absolute Gasteiger partial charge is 0.462 e. The number of carbonyl (C=O) groups excluding carboxylic acids is 3. The van der Waals surface area contributed by atoms with Crippen molar-refractivity contribution in [1.82, 2.24) is 0 Å². The molecule has 0 fully saturated rings. The van der Waals surface area contributed by atoms with Gasteiger partial charge in [-0.2, -0.15) is 0 Å². The Bertz CT molecular complexity index is 1560. The lowest BCUT2D eigenvalue weighted by Crippen LogP contribution is -2.30. The Morgan fingerprint density at radius 1 is 0.263 bits per heavy atom. The topological polar surface area (TPSA) is 78.9 Å². The molecular formula is C74H128O6. The molecule has 1 atom stereocenters. The molecule has 0 spiro atoms. The molecule has 6 nitrogen and oxygen atoms in total. The van der Waals surface area contributed by atoms with Crippen LogP contribution in [0.25, 0.3) is 0 Å². The summed E-state index contributed by atoms with van der Waals surface area (Å²) in [6.07, 6.45) is 91.6. The van der Waals surface area contributed by atoms with E-state index in [0.717, 1.165) is 89.9 Å². The number of hydrogen-bond acceptors (Lipinski definition) is 6. The first-order valence-electron chi connectivity index (χ1n) is 34.2. The molecule has 0 aromatic heterocycles. The number of ether oxygens (including phenoxy) is 3. The average molecular weight is 1110 g/mol. The van der Waals surface area contributed by atoms with Crippen LogP contribution in [0.3, 0.4) is 0 Å². The van der Waals surface area contributed by atoms with Crippen molar-refractivity contribution >= 4 is 17.9 Å². The van der Waals surface area contributed by atoms with E-state index >= 15 is 0 Å². The summed E-state index contributed by atoms with van der Waals surface area (Å²) >= 11 is 0. The first kappa shape index (κ1) is 76.3. The average Bonchev–Trinajstić information content (AvgIpc) is 3.46. The van der Waals surface area contributed by atoms with E-state index in [9.17, 15) is 14.4 Å². The molecule has 0 heterocycles. The standard InChI is InChI=1S/C74H128O6/c1-4-7-10-13-16-19-22-25-28-31-33-34-35-36-37-38-39-40-42-43-46-49-52-55-58-61-64-67-73(76)79-70-71(69-78-72(75)66-63-60-57-54-51-48-45-30-27-24-21-18-15-12-9-6-3)80-74(77)68-65-62-59-56-53-50-47-44-41-32-29-26-23-20-17-14-11-8-5-2/h8,11,17,20,26,29-31,33,41,44-45,50,53,59,62,71H,4-7,9-10,12-16,18-19,21-25,27-28,32,34-40,42-43,46-49,51-52,54-58,60-61,63-70H2,1-3H3/b11-8-,20-17-,29-26-,33-31-,44-41-,45-30-,53-50-,62-59-. The maximum absolute atomic E-state index is 12.9. The Morgan fingerprint density at radius 2 is 0.512 bits per heavy atom. The number of esters is 3. The molecule has 0 aliphatic rings. The van der Waals surface area contributed by atoms with E-state index in [-0.39, 0.29) is 31.6 Å². The van der Waals surface area contributed by atoms with Crippen LogP contribution in [0.15, 0.2) is 97.2 Å². The van der Waals surface area contributed by atoms with Crippen LogP contribution >= 0.6 is 0 Å². The molecule has 0 aromatic rings.